The summed E-state index contributed by atoms with van der Waals surface area (Å²) < 4.78 is 13.3. The van der Waals surface area contributed by atoms with Crippen molar-refractivity contribution < 1.29 is 4.39 Å². The van der Waals surface area contributed by atoms with Gasteiger partial charge in [-0.15, -0.1) is 0 Å². The molecule has 1 nitrogen and oxygen atoms in total. The molecule has 0 radical (unpaired) electrons. The van der Waals surface area contributed by atoms with E-state index in [1.165, 1.54) is 18.4 Å². The molecule has 0 aliphatic heterocycles. The second-order valence-electron chi connectivity index (χ2n) is 5.64. The summed E-state index contributed by atoms with van der Waals surface area (Å²) in [4.78, 5) is 0. The Bertz CT molecular complexity index is 398. The molecule has 1 aromatic carbocycles. The summed E-state index contributed by atoms with van der Waals surface area (Å²) in [5, 5.41) is 3.58. The Morgan fingerprint density at radius 3 is 2.72 bits per heavy atom. The van der Waals surface area contributed by atoms with Crippen LogP contribution < -0.4 is 5.32 Å². The second-order valence-corrected chi connectivity index (χ2v) is 5.64. The minimum Gasteiger partial charge on any atom is -0.314 e. The highest BCUT2D eigenvalue weighted by atomic mass is 19.1. The van der Waals surface area contributed by atoms with E-state index >= 15 is 0 Å². The molecule has 2 unspecified atom stereocenters. The zero-order valence-electron chi connectivity index (χ0n) is 11.7. The third-order valence-corrected chi connectivity index (χ3v) is 4.22. The third-order valence-electron chi connectivity index (χ3n) is 4.22. The van der Waals surface area contributed by atoms with Crippen LogP contribution in [0.1, 0.15) is 37.8 Å². The van der Waals surface area contributed by atoms with Gasteiger partial charge in [0.05, 0.1) is 0 Å². The van der Waals surface area contributed by atoms with Crippen LogP contribution in [0.15, 0.2) is 18.2 Å². The van der Waals surface area contributed by atoms with E-state index in [0.29, 0.717) is 12.0 Å². The lowest BCUT2D eigenvalue weighted by atomic mass is 9.89. The molecule has 1 aromatic rings. The fourth-order valence-corrected chi connectivity index (χ4v) is 2.75. The maximum Gasteiger partial charge on any atom is 0.123 e. The van der Waals surface area contributed by atoms with Gasteiger partial charge in [-0.05, 0) is 67.8 Å². The zero-order valence-corrected chi connectivity index (χ0v) is 11.7. The molecule has 1 aliphatic carbocycles. The number of nitrogens with one attached hydrogen (secondary N) is 1. The van der Waals surface area contributed by atoms with Crippen LogP contribution in [0.5, 0.6) is 0 Å². The van der Waals surface area contributed by atoms with Crippen molar-refractivity contribution >= 4 is 0 Å². The van der Waals surface area contributed by atoms with Crippen molar-refractivity contribution in [1.82, 2.24) is 5.32 Å². The molecule has 0 amide bonds. The highest BCUT2D eigenvalue weighted by molar-refractivity contribution is 5.27. The van der Waals surface area contributed by atoms with Crippen molar-refractivity contribution in [2.75, 3.05) is 6.54 Å². The van der Waals surface area contributed by atoms with E-state index in [4.69, 9.17) is 0 Å². The normalized spacial score (nSPS) is 18.7. The van der Waals surface area contributed by atoms with Crippen LogP contribution in [0.25, 0.3) is 0 Å². The molecule has 1 fully saturated rings. The number of hydrogen-bond donors (Lipinski definition) is 1. The van der Waals surface area contributed by atoms with Gasteiger partial charge in [-0.2, -0.15) is 0 Å². The summed E-state index contributed by atoms with van der Waals surface area (Å²) in [5.41, 5.74) is 2.34. The van der Waals surface area contributed by atoms with Gasteiger partial charge in [0.1, 0.15) is 5.82 Å². The van der Waals surface area contributed by atoms with Gasteiger partial charge < -0.3 is 5.32 Å². The third kappa shape index (κ3) is 3.32. The number of rotatable bonds is 6. The van der Waals surface area contributed by atoms with E-state index in [-0.39, 0.29) is 5.82 Å². The first-order valence-electron chi connectivity index (χ1n) is 7.10. The molecule has 0 bridgehead atoms. The molecule has 2 rings (SSSR count). The van der Waals surface area contributed by atoms with Crippen LogP contribution in [-0.4, -0.2) is 12.6 Å². The fourth-order valence-electron chi connectivity index (χ4n) is 2.75. The molecule has 0 saturated heterocycles. The second kappa shape index (κ2) is 5.83. The van der Waals surface area contributed by atoms with Crippen LogP contribution in [0, 0.1) is 24.6 Å². The molecule has 0 aromatic heterocycles. The van der Waals surface area contributed by atoms with Crippen LogP contribution >= 0.6 is 0 Å². The summed E-state index contributed by atoms with van der Waals surface area (Å²) in [6.07, 6.45) is 3.67. The maximum absolute atomic E-state index is 13.3. The number of hydrogen-bond acceptors (Lipinski definition) is 1. The molecule has 0 spiro atoms. The van der Waals surface area contributed by atoms with E-state index < -0.39 is 0 Å². The van der Waals surface area contributed by atoms with Crippen molar-refractivity contribution in [2.45, 2.75) is 46.1 Å². The number of benzene rings is 1. The minimum absolute atomic E-state index is 0.120. The summed E-state index contributed by atoms with van der Waals surface area (Å²) in [7, 11) is 0. The average molecular weight is 249 g/mol. The van der Waals surface area contributed by atoms with E-state index in [0.717, 1.165) is 24.4 Å². The molecule has 1 aliphatic rings. The Kier molecular flexibility index (Phi) is 4.39. The van der Waals surface area contributed by atoms with Crippen LogP contribution in [0.3, 0.4) is 0 Å². The summed E-state index contributed by atoms with van der Waals surface area (Å²) >= 11 is 0. The van der Waals surface area contributed by atoms with Crippen LogP contribution in [0.2, 0.25) is 0 Å². The van der Waals surface area contributed by atoms with Crippen LogP contribution in [0.4, 0.5) is 4.39 Å². The van der Waals surface area contributed by atoms with Gasteiger partial charge >= 0.3 is 0 Å². The Balaban J connectivity index is 2.09. The van der Waals surface area contributed by atoms with Crippen molar-refractivity contribution in [1.29, 1.82) is 0 Å². The van der Waals surface area contributed by atoms with Crippen LogP contribution in [-0.2, 0) is 6.42 Å². The lowest BCUT2D eigenvalue weighted by Gasteiger charge is -2.25. The minimum atomic E-state index is -0.120. The van der Waals surface area contributed by atoms with Gasteiger partial charge in [0, 0.05) is 6.04 Å². The Labute approximate surface area is 110 Å². The largest absolute Gasteiger partial charge is 0.314 e. The van der Waals surface area contributed by atoms with Crippen molar-refractivity contribution in [3.8, 4) is 0 Å². The smallest absolute Gasteiger partial charge is 0.123 e. The highest BCUT2D eigenvalue weighted by Gasteiger charge is 2.33. The van der Waals surface area contributed by atoms with Gasteiger partial charge in [0.2, 0.25) is 0 Å². The topological polar surface area (TPSA) is 12.0 Å². The molecular weight excluding hydrogens is 225 g/mol. The van der Waals surface area contributed by atoms with Crippen molar-refractivity contribution in [3.05, 3.63) is 35.1 Å². The number of halogens is 1. The molecule has 2 heteroatoms. The molecule has 100 valence electrons. The molecule has 1 N–H and O–H groups in total. The molecule has 0 heterocycles. The standard InChI is InChI=1S/C16H24FN/c1-4-18-16(12(3)13-6-7-13)10-14-9-15(17)8-5-11(14)2/h5,8-9,12-13,16,18H,4,6-7,10H2,1-3H3. The fraction of sp³-hybridized carbons (Fsp3) is 0.625. The van der Waals surface area contributed by atoms with E-state index in [9.17, 15) is 4.39 Å². The highest BCUT2D eigenvalue weighted by Crippen LogP contribution is 2.39. The number of likely N-dealkylation sites (N-methyl/N-ethyl adjacent to an activating group) is 1. The maximum atomic E-state index is 13.3. The summed E-state index contributed by atoms with van der Waals surface area (Å²) in [5.74, 6) is 1.44. The quantitative estimate of drug-likeness (QED) is 0.810. The average Bonchev–Trinajstić information content (AvgIpc) is 3.16. The first kappa shape index (κ1) is 13.5. The monoisotopic (exact) mass is 249 g/mol. The lowest BCUT2D eigenvalue weighted by Crippen LogP contribution is -2.37. The van der Waals surface area contributed by atoms with E-state index in [2.05, 4.69) is 26.1 Å². The first-order chi connectivity index (χ1) is 8.61. The molecule has 1 saturated carbocycles. The first-order valence-corrected chi connectivity index (χ1v) is 7.10. The molecule has 2 atom stereocenters. The summed E-state index contributed by atoms with van der Waals surface area (Å²) in [6, 6.07) is 5.60. The number of aryl methyl sites for hydroxylation is 1. The predicted octanol–water partition coefficient (Wildman–Crippen LogP) is 3.70. The van der Waals surface area contributed by atoms with Crippen molar-refractivity contribution in [3.63, 3.8) is 0 Å². The van der Waals surface area contributed by atoms with Gasteiger partial charge in [-0.25, -0.2) is 4.39 Å². The Hall–Kier alpha value is -0.890. The lowest BCUT2D eigenvalue weighted by molar-refractivity contribution is 0.344. The predicted molar refractivity (Wildman–Crippen MR) is 74.2 cm³/mol. The zero-order chi connectivity index (χ0) is 13.1. The molecule has 18 heavy (non-hydrogen) atoms. The van der Waals surface area contributed by atoms with Gasteiger partial charge in [-0.1, -0.05) is 19.9 Å². The van der Waals surface area contributed by atoms with E-state index in [1.54, 1.807) is 12.1 Å². The Morgan fingerprint density at radius 1 is 1.39 bits per heavy atom. The van der Waals surface area contributed by atoms with Crippen molar-refractivity contribution in [2.24, 2.45) is 11.8 Å². The van der Waals surface area contributed by atoms with E-state index in [1.807, 2.05) is 6.07 Å². The molecular formula is C16H24FN. The SMILES string of the molecule is CCNC(Cc1cc(F)ccc1C)C(C)C1CC1. The summed E-state index contributed by atoms with van der Waals surface area (Å²) in [6.45, 7) is 7.53. The Morgan fingerprint density at radius 2 is 2.11 bits per heavy atom. The van der Waals surface area contributed by atoms with Gasteiger partial charge in [-0.3, -0.25) is 0 Å². The van der Waals surface area contributed by atoms with Gasteiger partial charge in [0.25, 0.3) is 0 Å². The van der Waals surface area contributed by atoms with Gasteiger partial charge in [0.15, 0.2) is 0 Å².